The molecule has 0 saturated carbocycles. The van der Waals surface area contributed by atoms with Crippen molar-refractivity contribution >= 4 is 37.9 Å². The summed E-state index contributed by atoms with van der Waals surface area (Å²) >= 11 is 3.54. The number of fused-ring (bicyclic) bond motifs is 3. The van der Waals surface area contributed by atoms with E-state index in [0.29, 0.717) is 5.92 Å². The molecule has 0 bridgehead atoms. The summed E-state index contributed by atoms with van der Waals surface area (Å²) in [5.74, 6) is 1.83. The Morgan fingerprint density at radius 3 is 2.87 bits per heavy atom. The van der Waals surface area contributed by atoms with Gasteiger partial charge in [-0.05, 0) is 37.0 Å². The van der Waals surface area contributed by atoms with E-state index in [1.54, 1.807) is 0 Å². The number of imidazole rings is 1. The van der Waals surface area contributed by atoms with Gasteiger partial charge in [-0.1, -0.05) is 22.9 Å². The number of halogens is 1. The fourth-order valence-corrected chi connectivity index (χ4v) is 3.84. The van der Waals surface area contributed by atoms with Crippen molar-refractivity contribution in [1.29, 1.82) is 0 Å². The minimum atomic E-state index is 0.671. The minimum absolute atomic E-state index is 0.671. The van der Waals surface area contributed by atoms with E-state index in [-0.39, 0.29) is 0 Å². The third-order valence-corrected chi connectivity index (χ3v) is 5.21. The van der Waals surface area contributed by atoms with Crippen molar-refractivity contribution in [3.05, 3.63) is 34.7 Å². The van der Waals surface area contributed by atoms with Gasteiger partial charge in [0.05, 0.1) is 17.2 Å². The molecule has 1 aliphatic rings. The fourth-order valence-electron chi connectivity index (χ4n) is 3.49. The predicted molar refractivity (Wildman–Crippen MR) is 95.7 cm³/mol. The number of rotatable bonds is 3. The van der Waals surface area contributed by atoms with Crippen LogP contribution in [0.5, 0.6) is 0 Å². The van der Waals surface area contributed by atoms with Crippen molar-refractivity contribution in [2.45, 2.75) is 32.7 Å². The summed E-state index contributed by atoms with van der Waals surface area (Å²) in [5.41, 5.74) is 3.25. The van der Waals surface area contributed by atoms with Gasteiger partial charge in [0.25, 0.3) is 0 Å². The normalized spacial score (nSPS) is 16.4. The lowest BCUT2D eigenvalue weighted by molar-refractivity contribution is 0.0614. The van der Waals surface area contributed by atoms with Crippen LogP contribution in [-0.4, -0.2) is 27.7 Å². The zero-order valence-electron chi connectivity index (χ0n) is 13.3. The molecule has 1 saturated heterocycles. The van der Waals surface area contributed by atoms with Gasteiger partial charge in [0, 0.05) is 36.0 Å². The molecule has 0 radical (unpaired) electrons. The Morgan fingerprint density at radius 2 is 2.09 bits per heavy atom. The summed E-state index contributed by atoms with van der Waals surface area (Å²) in [6, 6.07) is 6.31. The number of ether oxygens (including phenoxy) is 1. The van der Waals surface area contributed by atoms with Gasteiger partial charge in [0.2, 0.25) is 0 Å². The average molecular weight is 374 g/mol. The molecule has 3 heterocycles. The zero-order chi connectivity index (χ0) is 15.8. The van der Waals surface area contributed by atoms with E-state index in [1.165, 1.54) is 10.9 Å². The largest absolute Gasteiger partial charge is 0.381 e. The lowest BCUT2D eigenvalue weighted by Crippen LogP contribution is -2.21. The molecule has 0 aliphatic carbocycles. The van der Waals surface area contributed by atoms with Crippen LogP contribution in [0, 0.1) is 5.92 Å². The lowest BCUT2D eigenvalue weighted by atomic mass is 10.00. The fraction of sp³-hybridized carbons (Fsp3) is 0.444. The van der Waals surface area contributed by atoms with Crippen LogP contribution >= 0.6 is 15.9 Å². The van der Waals surface area contributed by atoms with Gasteiger partial charge in [0.15, 0.2) is 0 Å². The van der Waals surface area contributed by atoms with Crippen molar-refractivity contribution in [2.75, 3.05) is 13.2 Å². The van der Waals surface area contributed by atoms with E-state index in [2.05, 4.69) is 50.6 Å². The molecule has 0 unspecified atom stereocenters. The van der Waals surface area contributed by atoms with Crippen LogP contribution in [0.15, 0.2) is 28.9 Å². The highest BCUT2D eigenvalue weighted by Crippen LogP contribution is 2.29. The van der Waals surface area contributed by atoms with Gasteiger partial charge in [0.1, 0.15) is 11.3 Å². The van der Waals surface area contributed by atoms with Crippen LogP contribution in [0.2, 0.25) is 0 Å². The summed E-state index contributed by atoms with van der Waals surface area (Å²) in [6.45, 7) is 4.97. The number of pyridine rings is 1. The van der Waals surface area contributed by atoms with Gasteiger partial charge >= 0.3 is 0 Å². The number of nitrogens with zero attached hydrogens (tertiary/aromatic N) is 3. The third kappa shape index (κ3) is 2.76. The van der Waals surface area contributed by atoms with E-state index in [1.807, 2.05) is 6.20 Å². The Balaban J connectivity index is 1.88. The smallest absolute Gasteiger partial charge is 0.109 e. The van der Waals surface area contributed by atoms with Crippen molar-refractivity contribution in [2.24, 2.45) is 5.92 Å². The Hall–Kier alpha value is -1.46. The monoisotopic (exact) mass is 373 g/mol. The van der Waals surface area contributed by atoms with Crippen molar-refractivity contribution < 1.29 is 4.74 Å². The molecule has 0 amide bonds. The standard InChI is InChI=1S/C18H20BrN3O/c1-2-17-21-16-10-20-15-9-13(19)3-4-14(15)18(16)22(17)11-12-5-7-23-8-6-12/h3-4,9-10,12H,2,5-8,11H2,1H3. The molecule has 5 heteroatoms. The van der Waals surface area contributed by atoms with Crippen LogP contribution in [-0.2, 0) is 17.7 Å². The first-order chi connectivity index (χ1) is 11.3. The van der Waals surface area contributed by atoms with E-state index in [0.717, 1.165) is 60.4 Å². The topological polar surface area (TPSA) is 39.9 Å². The first-order valence-corrected chi connectivity index (χ1v) is 9.06. The van der Waals surface area contributed by atoms with E-state index in [9.17, 15) is 0 Å². The van der Waals surface area contributed by atoms with Crippen LogP contribution in [0.25, 0.3) is 21.9 Å². The quantitative estimate of drug-likeness (QED) is 0.685. The summed E-state index contributed by atoms with van der Waals surface area (Å²) < 4.78 is 8.98. The molecule has 23 heavy (non-hydrogen) atoms. The second-order valence-corrected chi connectivity index (χ2v) is 7.12. The SMILES string of the molecule is CCc1nc2cnc3cc(Br)ccc3c2n1CC1CCOCC1. The molecule has 0 atom stereocenters. The third-order valence-electron chi connectivity index (χ3n) is 4.71. The summed E-state index contributed by atoms with van der Waals surface area (Å²) in [6.07, 6.45) is 5.12. The number of aromatic nitrogens is 3. The maximum absolute atomic E-state index is 5.51. The van der Waals surface area contributed by atoms with E-state index in [4.69, 9.17) is 9.72 Å². The van der Waals surface area contributed by atoms with Gasteiger partial charge in [-0.25, -0.2) is 4.98 Å². The van der Waals surface area contributed by atoms with Gasteiger partial charge in [-0.15, -0.1) is 0 Å². The molecule has 120 valence electrons. The summed E-state index contributed by atoms with van der Waals surface area (Å²) in [5, 5.41) is 1.19. The molecule has 0 spiro atoms. The van der Waals surface area contributed by atoms with Crippen molar-refractivity contribution in [3.63, 3.8) is 0 Å². The molecular weight excluding hydrogens is 354 g/mol. The van der Waals surface area contributed by atoms with Gasteiger partial charge in [-0.3, -0.25) is 4.98 Å². The maximum Gasteiger partial charge on any atom is 0.109 e. The minimum Gasteiger partial charge on any atom is -0.381 e. The highest BCUT2D eigenvalue weighted by atomic mass is 79.9. The maximum atomic E-state index is 5.51. The number of hydrogen-bond acceptors (Lipinski definition) is 3. The van der Waals surface area contributed by atoms with E-state index < -0.39 is 0 Å². The summed E-state index contributed by atoms with van der Waals surface area (Å²) in [7, 11) is 0. The summed E-state index contributed by atoms with van der Waals surface area (Å²) in [4.78, 5) is 9.41. The number of benzene rings is 1. The molecule has 4 nitrogen and oxygen atoms in total. The number of hydrogen-bond donors (Lipinski definition) is 0. The molecule has 1 aromatic carbocycles. The zero-order valence-corrected chi connectivity index (χ0v) is 14.8. The molecule has 3 aromatic rings. The first-order valence-electron chi connectivity index (χ1n) is 8.27. The second kappa shape index (κ2) is 6.21. The average Bonchev–Trinajstić information content (AvgIpc) is 2.93. The van der Waals surface area contributed by atoms with Crippen LogP contribution in [0.4, 0.5) is 0 Å². The highest BCUT2D eigenvalue weighted by Gasteiger charge is 2.19. The van der Waals surface area contributed by atoms with Crippen LogP contribution in [0.3, 0.4) is 0 Å². The van der Waals surface area contributed by atoms with Gasteiger partial charge in [-0.2, -0.15) is 0 Å². The molecule has 1 aliphatic heterocycles. The molecule has 0 N–H and O–H groups in total. The Bertz CT molecular complexity index is 852. The van der Waals surface area contributed by atoms with Crippen molar-refractivity contribution in [3.8, 4) is 0 Å². The Labute approximate surface area is 144 Å². The molecule has 4 rings (SSSR count). The highest BCUT2D eigenvalue weighted by molar-refractivity contribution is 9.10. The Kier molecular flexibility index (Phi) is 4.07. The predicted octanol–water partition coefficient (Wildman–Crippen LogP) is 4.34. The lowest BCUT2D eigenvalue weighted by Gasteiger charge is -2.23. The van der Waals surface area contributed by atoms with Crippen LogP contribution < -0.4 is 0 Å². The second-order valence-electron chi connectivity index (χ2n) is 6.20. The number of aryl methyl sites for hydroxylation is 1. The molecular formula is C18H20BrN3O. The van der Waals surface area contributed by atoms with Crippen LogP contribution in [0.1, 0.15) is 25.6 Å². The molecule has 1 fully saturated rings. The van der Waals surface area contributed by atoms with Crippen molar-refractivity contribution in [1.82, 2.24) is 14.5 Å². The Morgan fingerprint density at radius 1 is 1.26 bits per heavy atom. The first kappa shape index (κ1) is 15.1. The van der Waals surface area contributed by atoms with Gasteiger partial charge < -0.3 is 9.30 Å². The molecule has 2 aromatic heterocycles. The van der Waals surface area contributed by atoms with E-state index >= 15 is 0 Å².